The van der Waals surface area contributed by atoms with Crippen LogP contribution in [0, 0.1) is 0 Å². The maximum atomic E-state index is 13.1. The molecule has 0 rings (SSSR count). The molecule has 0 fully saturated rings. The highest BCUT2D eigenvalue weighted by Gasteiger charge is 2.39. The van der Waals surface area contributed by atoms with E-state index in [0.29, 0.717) is 26.2 Å². The largest absolute Gasteiger partial charge is 0.466 e. The Kier molecular flexibility index (Phi) is 42.1. The monoisotopic (exact) mass is 1010 g/mol. The first-order valence-electron chi connectivity index (χ1n) is 29.9. The van der Waals surface area contributed by atoms with Crippen LogP contribution in [0.1, 0.15) is 281 Å². The summed E-state index contributed by atoms with van der Waals surface area (Å²) in [4.78, 5) is 28.6. The third-order valence-electron chi connectivity index (χ3n) is 15.5. The molecule has 69 heavy (non-hydrogen) atoms. The number of hydrogen-bond donors (Lipinski definition) is 1. The molecule has 1 atom stereocenters. The summed E-state index contributed by atoms with van der Waals surface area (Å²) in [6.45, 7) is 35.1. The van der Waals surface area contributed by atoms with E-state index in [4.69, 9.17) is 18.3 Å². The third-order valence-corrected chi connectivity index (χ3v) is 24.5. The lowest BCUT2D eigenvalue weighted by Gasteiger charge is -2.40. The molecule has 0 spiro atoms. The van der Waals surface area contributed by atoms with Gasteiger partial charge in [0.1, 0.15) is 6.10 Å². The van der Waals surface area contributed by atoms with Gasteiger partial charge in [0, 0.05) is 19.4 Å². The molecule has 0 aromatic rings. The molecule has 0 saturated heterocycles. The molecule has 412 valence electrons. The van der Waals surface area contributed by atoms with Crippen LogP contribution in [0.25, 0.3) is 0 Å². The number of rotatable bonds is 49. The Bertz CT molecular complexity index is 1170. The molecule has 0 aromatic carbocycles. The highest BCUT2D eigenvalue weighted by Crippen LogP contribution is 2.38. The average molecular weight is 1010 g/mol. The number of carbonyl (C=O) groups excluding carboxylic acids is 2. The third kappa shape index (κ3) is 39.4. The normalized spacial score (nSPS) is 13.2. The first kappa shape index (κ1) is 68.2. The van der Waals surface area contributed by atoms with Crippen molar-refractivity contribution >= 4 is 28.6 Å². The van der Waals surface area contributed by atoms with E-state index in [2.05, 4.69) is 98.7 Å². The zero-order valence-corrected chi connectivity index (χ0v) is 50.8. The molecule has 1 unspecified atom stereocenters. The van der Waals surface area contributed by atoms with Crippen LogP contribution >= 0.6 is 0 Å². The maximum absolute atomic E-state index is 13.1. The van der Waals surface area contributed by atoms with Crippen LogP contribution in [-0.4, -0.2) is 85.2 Å². The van der Waals surface area contributed by atoms with E-state index in [9.17, 15) is 9.59 Å². The number of carbonyl (C=O) groups is 2. The van der Waals surface area contributed by atoms with E-state index in [-0.39, 0.29) is 34.2 Å². The summed E-state index contributed by atoms with van der Waals surface area (Å²) in [6, 6.07) is 0. The Labute approximate surface area is 433 Å². The SMILES string of the molecule is CCCCCCCCCCCOC(=O)CCCC(CN(CCCCCCCC(=O)OC(CCCCCCCC)CCCCCCCC)CCCCNCO[Si](C)(C)C(C)(C)C)O[Si](C)(C)C(C)(C)C. The number of hydrogen-bond acceptors (Lipinski definition) is 8. The molecule has 0 aliphatic carbocycles. The van der Waals surface area contributed by atoms with Gasteiger partial charge in [0.25, 0.3) is 0 Å². The van der Waals surface area contributed by atoms with E-state index < -0.39 is 16.6 Å². The Morgan fingerprint density at radius 2 is 0.899 bits per heavy atom. The lowest BCUT2D eigenvalue weighted by molar-refractivity contribution is -0.150. The smallest absolute Gasteiger partial charge is 0.306 e. The topological polar surface area (TPSA) is 86.3 Å². The lowest BCUT2D eigenvalue weighted by atomic mass is 10.0. The van der Waals surface area contributed by atoms with Crippen LogP contribution in [0.3, 0.4) is 0 Å². The van der Waals surface area contributed by atoms with Crippen LogP contribution < -0.4 is 5.32 Å². The van der Waals surface area contributed by atoms with Crippen molar-refractivity contribution < 1.29 is 27.9 Å². The number of ether oxygens (including phenoxy) is 2. The van der Waals surface area contributed by atoms with Crippen molar-refractivity contribution in [3.05, 3.63) is 0 Å². The van der Waals surface area contributed by atoms with Crippen LogP contribution in [0.5, 0.6) is 0 Å². The van der Waals surface area contributed by atoms with E-state index in [1.165, 1.54) is 122 Å². The predicted octanol–water partition coefficient (Wildman–Crippen LogP) is 18.0. The fourth-order valence-corrected chi connectivity index (χ4v) is 10.8. The molecule has 10 heteroatoms. The minimum Gasteiger partial charge on any atom is -0.466 e. The van der Waals surface area contributed by atoms with Crippen LogP contribution in [0.15, 0.2) is 0 Å². The first-order chi connectivity index (χ1) is 32.8. The van der Waals surface area contributed by atoms with Gasteiger partial charge in [0.2, 0.25) is 0 Å². The molecule has 0 heterocycles. The van der Waals surface area contributed by atoms with Crippen LogP contribution in [0.4, 0.5) is 0 Å². The number of unbranched alkanes of at least 4 members (excludes halogenated alkanes) is 23. The van der Waals surface area contributed by atoms with Gasteiger partial charge in [-0.2, -0.15) is 0 Å². The fourth-order valence-electron chi connectivity index (χ4n) is 8.56. The fraction of sp³-hybridized carbons (Fsp3) is 0.966. The summed E-state index contributed by atoms with van der Waals surface area (Å²) in [5.74, 6) is -0.0408. The van der Waals surface area contributed by atoms with Gasteiger partial charge in [-0.1, -0.05) is 197 Å². The summed E-state index contributed by atoms with van der Waals surface area (Å²) < 4.78 is 25.4. The number of nitrogens with one attached hydrogen (secondary N) is 1. The van der Waals surface area contributed by atoms with Gasteiger partial charge in [0.15, 0.2) is 16.6 Å². The van der Waals surface area contributed by atoms with Gasteiger partial charge < -0.3 is 23.2 Å². The summed E-state index contributed by atoms with van der Waals surface area (Å²) >= 11 is 0. The van der Waals surface area contributed by atoms with Crippen LogP contribution in [0.2, 0.25) is 36.3 Å². The van der Waals surface area contributed by atoms with Crippen molar-refractivity contribution in [2.45, 2.75) is 329 Å². The second kappa shape index (κ2) is 42.6. The summed E-state index contributed by atoms with van der Waals surface area (Å²) in [7, 11) is -3.81. The molecule has 0 aromatic heterocycles. The molecule has 8 nitrogen and oxygen atoms in total. The second-order valence-corrected chi connectivity index (χ2v) is 33.8. The molecule has 0 bridgehead atoms. The van der Waals surface area contributed by atoms with Crippen molar-refractivity contribution in [2.24, 2.45) is 0 Å². The molecule has 1 N–H and O–H groups in total. The quantitative estimate of drug-likeness (QED) is 0.0279. The van der Waals surface area contributed by atoms with Crippen molar-refractivity contribution in [3.63, 3.8) is 0 Å². The van der Waals surface area contributed by atoms with Gasteiger partial charge in [-0.15, -0.1) is 0 Å². The summed E-state index contributed by atoms with van der Waals surface area (Å²) in [5, 5.41) is 3.89. The van der Waals surface area contributed by atoms with Gasteiger partial charge in [0.05, 0.1) is 19.4 Å². The van der Waals surface area contributed by atoms with E-state index in [0.717, 1.165) is 110 Å². The van der Waals surface area contributed by atoms with E-state index >= 15 is 0 Å². The molecule has 0 aliphatic rings. The minimum absolute atomic E-state index is 0.0176. The molecule has 0 saturated carbocycles. The Morgan fingerprint density at radius 1 is 0.478 bits per heavy atom. The number of nitrogens with zero attached hydrogens (tertiary/aromatic N) is 1. The van der Waals surface area contributed by atoms with Gasteiger partial charge in [-0.25, -0.2) is 0 Å². The molecule has 0 radical (unpaired) electrons. The van der Waals surface area contributed by atoms with E-state index in [1.807, 2.05) is 0 Å². The highest BCUT2D eigenvalue weighted by atomic mass is 28.4. The average Bonchev–Trinajstić information content (AvgIpc) is 3.27. The Morgan fingerprint density at radius 3 is 1.41 bits per heavy atom. The van der Waals surface area contributed by atoms with Crippen molar-refractivity contribution in [1.82, 2.24) is 10.2 Å². The van der Waals surface area contributed by atoms with Crippen LogP contribution in [-0.2, 0) is 27.9 Å². The van der Waals surface area contributed by atoms with Crippen molar-refractivity contribution in [1.29, 1.82) is 0 Å². The van der Waals surface area contributed by atoms with Crippen molar-refractivity contribution in [3.8, 4) is 0 Å². The van der Waals surface area contributed by atoms with Gasteiger partial charge in [-0.05, 0) is 127 Å². The maximum Gasteiger partial charge on any atom is 0.306 e. The summed E-state index contributed by atoms with van der Waals surface area (Å²) in [5.41, 5.74) is 0. The first-order valence-corrected chi connectivity index (χ1v) is 35.7. The molecule has 0 aliphatic heterocycles. The lowest BCUT2D eigenvalue weighted by Crippen LogP contribution is -2.47. The van der Waals surface area contributed by atoms with E-state index in [1.54, 1.807) is 0 Å². The predicted molar refractivity (Wildman–Crippen MR) is 305 cm³/mol. The Hall–Kier alpha value is -0.786. The standard InChI is InChI=1S/C59H122N2O6Si2/c1-14-17-20-23-26-27-28-34-41-51-64-56(62)47-42-45-55(67-69(12,13)59(7,8)9)52-61(50-40-38-48-60-53-65-68(10,11)58(4,5)6)49-39-33-29-32-37-46-57(63)66-54(43-35-30-24-21-18-15-2)44-36-31-25-22-19-16-3/h54-55,60H,14-53H2,1-13H3. The van der Waals surface area contributed by atoms with Gasteiger partial charge in [-0.3, -0.25) is 14.9 Å². The molecular weight excluding hydrogens is 889 g/mol. The Balaban J connectivity index is 5.32. The second-order valence-electron chi connectivity index (χ2n) is 24.2. The van der Waals surface area contributed by atoms with Gasteiger partial charge >= 0.3 is 11.9 Å². The highest BCUT2D eigenvalue weighted by molar-refractivity contribution is 6.74. The summed E-state index contributed by atoms with van der Waals surface area (Å²) in [6.07, 6.45) is 39.2. The molecule has 0 amide bonds. The number of esters is 2. The molecular formula is C59H122N2O6Si2. The zero-order valence-electron chi connectivity index (χ0n) is 48.8. The van der Waals surface area contributed by atoms with Crippen molar-refractivity contribution in [2.75, 3.05) is 39.5 Å². The zero-order chi connectivity index (χ0) is 51.7. The minimum atomic E-state index is -2.04.